The first kappa shape index (κ1) is 11.9. The van der Waals surface area contributed by atoms with E-state index >= 15 is 0 Å². The van der Waals surface area contributed by atoms with E-state index in [2.05, 4.69) is 19.0 Å². The summed E-state index contributed by atoms with van der Waals surface area (Å²) in [5, 5.41) is 0. The lowest BCUT2D eigenvalue weighted by atomic mass is 9.78. The highest BCUT2D eigenvalue weighted by atomic mass is 16.7. The summed E-state index contributed by atoms with van der Waals surface area (Å²) in [6.07, 6.45) is 4.11. The van der Waals surface area contributed by atoms with Gasteiger partial charge in [-0.3, -0.25) is 0 Å². The Morgan fingerprint density at radius 2 is 1.94 bits per heavy atom. The first-order valence-corrected chi connectivity index (χ1v) is 5.90. The Labute approximate surface area is 96.9 Å². The minimum atomic E-state index is -0.682. The maximum Gasteiger partial charge on any atom is 0.340 e. The van der Waals surface area contributed by atoms with E-state index in [4.69, 9.17) is 9.47 Å². The van der Waals surface area contributed by atoms with Crippen molar-refractivity contribution in [2.24, 2.45) is 0 Å². The number of nitrogens with zero attached hydrogens (tertiary/aromatic N) is 1. The van der Waals surface area contributed by atoms with Crippen LogP contribution in [0.3, 0.4) is 0 Å². The first-order chi connectivity index (χ1) is 7.45. The lowest BCUT2D eigenvalue weighted by molar-refractivity contribution is -0.146. The highest BCUT2D eigenvalue weighted by molar-refractivity contribution is 5.84. The second-order valence-electron chi connectivity index (χ2n) is 5.32. The number of hydrogen-bond acceptors (Lipinski definition) is 4. The first-order valence-electron chi connectivity index (χ1n) is 5.90. The number of carbonyl (C=O) groups is 1. The van der Waals surface area contributed by atoms with Crippen molar-refractivity contribution in [2.75, 3.05) is 21.2 Å². The molecule has 0 aromatic rings. The van der Waals surface area contributed by atoms with E-state index in [1.165, 1.54) is 7.11 Å². The third kappa shape index (κ3) is 1.55. The molecule has 1 saturated heterocycles. The van der Waals surface area contributed by atoms with E-state index in [1.807, 2.05) is 6.92 Å². The maximum atomic E-state index is 11.6. The summed E-state index contributed by atoms with van der Waals surface area (Å²) < 4.78 is 10.5. The molecule has 1 saturated carbocycles. The second-order valence-corrected chi connectivity index (χ2v) is 5.32. The molecule has 92 valence electrons. The van der Waals surface area contributed by atoms with Crippen LogP contribution >= 0.6 is 0 Å². The summed E-state index contributed by atoms with van der Waals surface area (Å²) in [4.78, 5) is 13.9. The fourth-order valence-electron chi connectivity index (χ4n) is 2.95. The van der Waals surface area contributed by atoms with Gasteiger partial charge in [0.15, 0.2) is 5.60 Å². The quantitative estimate of drug-likeness (QED) is 0.525. The molecule has 0 bridgehead atoms. The molecule has 0 aromatic heterocycles. The van der Waals surface area contributed by atoms with Crippen molar-refractivity contribution in [1.82, 2.24) is 4.90 Å². The van der Waals surface area contributed by atoms with Crippen LogP contribution < -0.4 is 0 Å². The summed E-state index contributed by atoms with van der Waals surface area (Å²) >= 11 is 0. The number of carbonyl (C=O) groups excluding carboxylic acids is 1. The molecule has 4 heteroatoms. The Morgan fingerprint density at radius 1 is 1.38 bits per heavy atom. The van der Waals surface area contributed by atoms with Crippen LogP contribution in [0.2, 0.25) is 0 Å². The molecular weight excluding hydrogens is 206 g/mol. The van der Waals surface area contributed by atoms with Gasteiger partial charge in [-0.15, -0.1) is 0 Å². The second kappa shape index (κ2) is 3.70. The molecule has 1 unspecified atom stereocenters. The monoisotopic (exact) mass is 227 g/mol. The van der Waals surface area contributed by atoms with E-state index in [0.717, 1.165) is 25.7 Å². The minimum absolute atomic E-state index is 0.226. The molecular formula is C12H21NO3. The Morgan fingerprint density at radius 3 is 2.38 bits per heavy atom. The van der Waals surface area contributed by atoms with Gasteiger partial charge in [0.1, 0.15) is 5.60 Å². The Bertz CT molecular complexity index is 295. The highest BCUT2D eigenvalue weighted by Crippen LogP contribution is 2.57. The zero-order valence-electron chi connectivity index (χ0n) is 10.6. The molecule has 0 amide bonds. The van der Waals surface area contributed by atoms with Gasteiger partial charge < -0.3 is 14.4 Å². The Kier molecular flexibility index (Phi) is 2.75. The molecule has 0 N–H and O–H groups in total. The average Bonchev–Trinajstić information content (AvgIpc) is 2.84. The summed E-state index contributed by atoms with van der Waals surface area (Å²) in [7, 11) is 5.64. The zero-order chi connectivity index (χ0) is 12.0. The lowest BCUT2D eigenvalue weighted by Gasteiger charge is -2.32. The van der Waals surface area contributed by atoms with Crippen LogP contribution in [-0.2, 0) is 14.3 Å². The fraction of sp³-hybridized carbons (Fsp3) is 0.917. The topological polar surface area (TPSA) is 42.1 Å². The van der Waals surface area contributed by atoms with Gasteiger partial charge in [-0.1, -0.05) is 0 Å². The van der Waals surface area contributed by atoms with Gasteiger partial charge in [0.25, 0.3) is 0 Å². The van der Waals surface area contributed by atoms with Crippen LogP contribution in [0.1, 0.15) is 32.6 Å². The van der Waals surface area contributed by atoms with Crippen LogP contribution in [0, 0.1) is 0 Å². The van der Waals surface area contributed by atoms with E-state index in [-0.39, 0.29) is 11.6 Å². The molecule has 1 atom stereocenters. The van der Waals surface area contributed by atoms with Gasteiger partial charge in [-0.05, 0) is 46.7 Å². The standard InChI is InChI=1S/C12H21NO3/c1-11(10(14)15-4)12(16-11)7-5-9(6-8-12)13(2)3/h9H,5-8H2,1-4H3. The largest absolute Gasteiger partial charge is 0.467 e. The summed E-state index contributed by atoms with van der Waals surface area (Å²) in [5.74, 6) is -0.226. The predicted octanol–water partition coefficient (Wildman–Crippen LogP) is 1.19. The molecule has 2 fully saturated rings. The van der Waals surface area contributed by atoms with E-state index in [9.17, 15) is 4.79 Å². The molecule has 1 aliphatic carbocycles. The molecule has 2 aliphatic rings. The average molecular weight is 227 g/mol. The predicted molar refractivity (Wildman–Crippen MR) is 60.2 cm³/mol. The van der Waals surface area contributed by atoms with Crippen molar-refractivity contribution in [2.45, 2.75) is 49.9 Å². The molecule has 0 aromatic carbocycles. The van der Waals surface area contributed by atoms with E-state index < -0.39 is 5.60 Å². The molecule has 1 spiro atoms. The highest BCUT2D eigenvalue weighted by Gasteiger charge is 2.72. The molecule has 1 aliphatic heterocycles. The molecule has 16 heavy (non-hydrogen) atoms. The van der Waals surface area contributed by atoms with E-state index in [0.29, 0.717) is 6.04 Å². The Hall–Kier alpha value is -0.610. The van der Waals surface area contributed by atoms with E-state index in [1.54, 1.807) is 0 Å². The molecule has 1 heterocycles. The van der Waals surface area contributed by atoms with Crippen molar-refractivity contribution >= 4 is 5.97 Å². The zero-order valence-corrected chi connectivity index (χ0v) is 10.6. The number of esters is 1. The van der Waals surface area contributed by atoms with Crippen molar-refractivity contribution < 1.29 is 14.3 Å². The number of epoxide rings is 1. The fourth-order valence-corrected chi connectivity index (χ4v) is 2.95. The van der Waals surface area contributed by atoms with Gasteiger partial charge in [0, 0.05) is 6.04 Å². The van der Waals surface area contributed by atoms with Gasteiger partial charge in [0.05, 0.1) is 7.11 Å². The van der Waals surface area contributed by atoms with Crippen molar-refractivity contribution in [3.8, 4) is 0 Å². The summed E-state index contributed by atoms with van der Waals surface area (Å²) in [6.45, 7) is 1.86. The summed E-state index contributed by atoms with van der Waals surface area (Å²) in [5.41, 5.74) is -0.911. The normalized spacial score (nSPS) is 42.4. The van der Waals surface area contributed by atoms with Crippen LogP contribution in [0.5, 0.6) is 0 Å². The number of rotatable bonds is 2. The van der Waals surface area contributed by atoms with Gasteiger partial charge in [-0.25, -0.2) is 4.79 Å². The lowest BCUT2D eigenvalue weighted by Crippen LogP contribution is -2.40. The van der Waals surface area contributed by atoms with Gasteiger partial charge in [-0.2, -0.15) is 0 Å². The smallest absolute Gasteiger partial charge is 0.340 e. The number of methoxy groups -OCH3 is 1. The third-order valence-corrected chi connectivity index (χ3v) is 4.30. The van der Waals surface area contributed by atoms with Gasteiger partial charge >= 0.3 is 5.97 Å². The summed E-state index contributed by atoms with van der Waals surface area (Å²) in [6, 6.07) is 0.622. The number of hydrogen-bond donors (Lipinski definition) is 0. The van der Waals surface area contributed by atoms with Crippen LogP contribution in [0.4, 0.5) is 0 Å². The SMILES string of the molecule is COC(=O)C1(C)OC12CCC(N(C)C)CC2. The van der Waals surface area contributed by atoms with Crippen LogP contribution in [0.15, 0.2) is 0 Å². The maximum absolute atomic E-state index is 11.6. The third-order valence-electron chi connectivity index (χ3n) is 4.30. The van der Waals surface area contributed by atoms with Crippen molar-refractivity contribution in [3.63, 3.8) is 0 Å². The molecule has 2 rings (SSSR count). The minimum Gasteiger partial charge on any atom is -0.467 e. The molecule has 4 nitrogen and oxygen atoms in total. The Balaban J connectivity index is 1.98. The van der Waals surface area contributed by atoms with Crippen molar-refractivity contribution in [1.29, 1.82) is 0 Å². The van der Waals surface area contributed by atoms with Crippen LogP contribution in [0.25, 0.3) is 0 Å². The number of ether oxygens (including phenoxy) is 2. The van der Waals surface area contributed by atoms with Gasteiger partial charge in [0.2, 0.25) is 0 Å². The molecule has 0 radical (unpaired) electrons. The van der Waals surface area contributed by atoms with Crippen LogP contribution in [-0.4, -0.2) is 49.3 Å². The van der Waals surface area contributed by atoms with Crippen molar-refractivity contribution in [3.05, 3.63) is 0 Å².